The molecule has 0 spiro atoms. The van der Waals surface area contributed by atoms with E-state index in [-0.39, 0.29) is 23.6 Å². The summed E-state index contributed by atoms with van der Waals surface area (Å²) in [5.74, 6) is 0.160. The Hall–Kier alpha value is -1.42. The highest BCUT2D eigenvalue weighted by atomic mass is 32.2. The Balaban J connectivity index is 2.08. The van der Waals surface area contributed by atoms with Crippen molar-refractivity contribution in [3.63, 3.8) is 0 Å². The first-order valence-corrected chi connectivity index (χ1v) is 11.2. The van der Waals surface area contributed by atoms with Gasteiger partial charge in [-0.05, 0) is 24.3 Å². The van der Waals surface area contributed by atoms with Crippen molar-refractivity contribution >= 4 is 47.2 Å². The van der Waals surface area contributed by atoms with Gasteiger partial charge in [0.15, 0.2) is 0 Å². The summed E-state index contributed by atoms with van der Waals surface area (Å²) < 4.78 is 0. The number of hydrogen-bond donors (Lipinski definition) is 3. The zero-order valence-electron chi connectivity index (χ0n) is 15.0. The summed E-state index contributed by atoms with van der Waals surface area (Å²) >= 11 is 3.04. The highest BCUT2D eigenvalue weighted by molar-refractivity contribution is 7.99. The largest absolute Gasteiger partial charge is 0.368 e. The second kappa shape index (κ2) is 9.50. The van der Waals surface area contributed by atoms with Crippen LogP contribution in [0.4, 0.5) is 0 Å². The molecule has 0 aliphatic carbocycles. The van der Waals surface area contributed by atoms with Crippen molar-refractivity contribution in [2.75, 3.05) is 23.6 Å². The van der Waals surface area contributed by atoms with E-state index in [1.807, 2.05) is 13.2 Å². The second-order valence-electron chi connectivity index (χ2n) is 6.49. The van der Waals surface area contributed by atoms with Crippen LogP contribution in [0.3, 0.4) is 0 Å². The maximum Gasteiger partial charge on any atom is 0.246 e. The van der Waals surface area contributed by atoms with E-state index < -0.39 is 24.0 Å². The van der Waals surface area contributed by atoms with Gasteiger partial charge >= 0.3 is 0 Å². The lowest BCUT2D eigenvalue weighted by molar-refractivity contribution is -0.140. The van der Waals surface area contributed by atoms with Gasteiger partial charge in [-0.3, -0.25) is 19.2 Å². The molecule has 2 aliphatic heterocycles. The van der Waals surface area contributed by atoms with Gasteiger partial charge in [-0.25, -0.2) is 0 Å². The minimum atomic E-state index is -0.731. The normalized spacial score (nSPS) is 26.5. The smallest absolute Gasteiger partial charge is 0.246 e. The molecule has 10 heteroatoms. The van der Waals surface area contributed by atoms with Gasteiger partial charge in [-0.2, -0.15) is 11.8 Å². The molecule has 4 amide bonds. The second-order valence-corrected chi connectivity index (χ2v) is 8.47. The summed E-state index contributed by atoms with van der Waals surface area (Å²) in [6.07, 6.45) is 3.40. The number of amides is 4. The molecular weight excluding hydrogens is 376 g/mol. The Bertz CT molecular complexity index is 574. The van der Waals surface area contributed by atoms with Crippen LogP contribution in [-0.4, -0.2) is 70.3 Å². The molecule has 2 fully saturated rings. The number of thioether (sulfide) groups is 2. The van der Waals surface area contributed by atoms with Gasteiger partial charge in [-0.1, -0.05) is 13.3 Å². The number of nitrogens with zero attached hydrogens (tertiary/aromatic N) is 1. The van der Waals surface area contributed by atoms with Crippen molar-refractivity contribution < 1.29 is 19.2 Å². The first-order chi connectivity index (χ1) is 12.4. The standard InChI is InChI=1S/C16H26N4O4S2/c1-3-9-6-12(21)19-13(9)15(23)18-10(4-5-25-2)16(24)20-8-26-7-11(20)14(17)22/h9-11,13H,3-8H2,1-2H3,(H2,17,22)(H,18,23)(H,19,21)/t9?,10-,11?,13-/m0/s1. The quantitative estimate of drug-likeness (QED) is 0.504. The van der Waals surface area contributed by atoms with Crippen molar-refractivity contribution in [3.8, 4) is 0 Å². The third kappa shape index (κ3) is 4.85. The third-order valence-electron chi connectivity index (χ3n) is 4.76. The molecule has 2 unspecified atom stereocenters. The Morgan fingerprint density at radius 2 is 2.19 bits per heavy atom. The fraction of sp³-hybridized carbons (Fsp3) is 0.750. The van der Waals surface area contributed by atoms with Crippen molar-refractivity contribution in [3.05, 3.63) is 0 Å². The van der Waals surface area contributed by atoms with Crippen molar-refractivity contribution in [2.45, 2.75) is 44.3 Å². The minimum absolute atomic E-state index is 0.0699. The first kappa shape index (κ1) is 20.9. The van der Waals surface area contributed by atoms with E-state index in [9.17, 15) is 19.2 Å². The van der Waals surface area contributed by atoms with Crippen LogP contribution in [0.2, 0.25) is 0 Å². The third-order valence-corrected chi connectivity index (χ3v) is 6.42. The van der Waals surface area contributed by atoms with Gasteiger partial charge in [0, 0.05) is 12.2 Å². The van der Waals surface area contributed by atoms with Gasteiger partial charge in [0.2, 0.25) is 23.6 Å². The average molecular weight is 403 g/mol. The van der Waals surface area contributed by atoms with Crippen LogP contribution in [-0.2, 0) is 19.2 Å². The summed E-state index contributed by atoms with van der Waals surface area (Å²) in [5.41, 5.74) is 5.39. The van der Waals surface area contributed by atoms with E-state index >= 15 is 0 Å². The molecule has 0 saturated carbocycles. The van der Waals surface area contributed by atoms with E-state index in [2.05, 4.69) is 10.6 Å². The molecule has 26 heavy (non-hydrogen) atoms. The molecule has 2 heterocycles. The van der Waals surface area contributed by atoms with Crippen LogP contribution in [0, 0.1) is 5.92 Å². The van der Waals surface area contributed by atoms with Crippen molar-refractivity contribution in [1.82, 2.24) is 15.5 Å². The molecule has 0 aromatic rings. The molecule has 2 saturated heterocycles. The summed E-state index contributed by atoms with van der Waals surface area (Å²) in [6.45, 7) is 1.93. The van der Waals surface area contributed by atoms with Crippen LogP contribution in [0.1, 0.15) is 26.2 Å². The predicted octanol–water partition coefficient (Wildman–Crippen LogP) is -0.474. The highest BCUT2D eigenvalue weighted by Gasteiger charge is 2.40. The van der Waals surface area contributed by atoms with Crippen LogP contribution in [0.5, 0.6) is 0 Å². The molecule has 0 bridgehead atoms. The van der Waals surface area contributed by atoms with Gasteiger partial charge in [0.05, 0.1) is 5.88 Å². The fourth-order valence-electron chi connectivity index (χ4n) is 3.22. The van der Waals surface area contributed by atoms with Crippen molar-refractivity contribution in [2.24, 2.45) is 11.7 Å². The number of carbonyl (C=O) groups excluding carboxylic acids is 4. The molecule has 8 nitrogen and oxygen atoms in total. The molecule has 0 aromatic carbocycles. The lowest BCUT2D eigenvalue weighted by Crippen LogP contribution is -2.56. The minimum Gasteiger partial charge on any atom is -0.368 e. The Kier molecular flexibility index (Phi) is 7.63. The van der Waals surface area contributed by atoms with Crippen LogP contribution >= 0.6 is 23.5 Å². The van der Waals surface area contributed by atoms with Crippen LogP contribution in [0.25, 0.3) is 0 Å². The Morgan fingerprint density at radius 3 is 2.81 bits per heavy atom. The number of rotatable bonds is 8. The molecule has 146 valence electrons. The first-order valence-electron chi connectivity index (χ1n) is 8.65. The van der Waals surface area contributed by atoms with Crippen LogP contribution < -0.4 is 16.4 Å². The predicted molar refractivity (Wildman–Crippen MR) is 102 cm³/mol. The van der Waals surface area contributed by atoms with Gasteiger partial charge in [-0.15, -0.1) is 11.8 Å². The highest BCUT2D eigenvalue weighted by Crippen LogP contribution is 2.23. The SMILES string of the molecule is CCC1CC(=O)N[C@@H]1C(=O)N[C@@H](CCSC)C(=O)N1CSCC1C(N)=O. The molecule has 4 atom stereocenters. The van der Waals surface area contributed by atoms with Gasteiger partial charge in [0.25, 0.3) is 0 Å². The summed E-state index contributed by atoms with van der Waals surface area (Å²) in [7, 11) is 0. The Labute approximate surface area is 161 Å². The zero-order chi connectivity index (χ0) is 19.3. The van der Waals surface area contributed by atoms with Gasteiger partial charge < -0.3 is 21.3 Å². The Morgan fingerprint density at radius 1 is 1.46 bits per heavy atom. The molecular formula is C16H26N4O4S2. The number of carbonyl (C=O) groups is 4. The number of nitrogens with one attached hydrogen (secondary N) is 2. The summed E-state index contributed by atoms with van der Waals surface area (Å²) in [4.78, 5) is 50.2. The zero-order valence-corrected chi connectivity index (χ0v) is 16.7. The van der Waals surface area contributed by atoms with E-state index in [0.717, 1.165) is 0 Å². The summed E-state index contributed by atoms with van der Waals surface area (Å²) in [5, 5.41) is 5.49. The fourth-order valence-corrected chi connectivity index (χ4v) is 4.86. The van der Waals surface area contributed by atoms with E-state index in [1.54, 1.807) is 11.8 Å². The molecule has 2 rings (SSSR count). The number of nitrogens with two attached hydrogens (primary N) is 1. The molecule has 4 N–H and O–H groups in total. The van der Waals surface area contributed by atoms with Crippen molar-refractivity contribution in [1.29, 1.82) is 0 Å². The average Bonchev–Trinajstić information content (AvgIpc) is 3.24. The molecule has 0 radical (unpaired) electrons. The summed E-state index contributed by atoms with van der Waals surface area (Å²) in [6, 6.07) is -1.99. The maximum atomic E-state index is 12.9. The number of hydrogen-bond acceptors (Lipinski definition) is 6. The maximum absolute atomic E-state index is 12.9. The monoisotopic (exact) mass is 402 g/mol. The molecule has 0 aromatic heterocycles. The lowest BCUT2D eigenvalue weighted by atomic mass is 9.96. The van der Waals surface area contributed by atoms with E-state index in [4.69, 9.17) is 5.73 Å². The number of primary amides is 1. The van der Waals surface area contributed by atoms with Gasteiger partial charge in [0.1, 0.15) is 18.1 Å². The lowest BCUT2D eigenvalue weighted by Gasteiger charge is -2.28. The van der Waals surface area contributed by atoms with E-state index in [1.165, 1.54) is 16.7 Å². The molecule has 2 aliphatic rings. The van der Waals surface area contributed by atoms with E-state index in [0.29, 0.717) is 36.6 Å². The topological polar surface area (TPSA) is 122 Å². The van der Waals surface area contributed by atoms with Crippen LogP contribution in [0.15, 0.2) is 0 Å².